The van der Waals surface area contributed by atoms with Crippen LogP contribution in [0, 0.1) is 25.5 Å². The van der Waals surface area contributed by atoms with Crippen molar-refractivity contribution in [3.05, 3.63) is 80.9 Å². The average molecular weight is 482 g/mol. The number of nitrogens with zero attached hydrogens (tertiary/aromatic N) is 2. The van der Waals surface area contributed by atoms with E-state index in [1.165, 1.54) is 24.5 Å². The lowest BCUT2D eigenvalue weighted by Crippen LogP contribution is -2.41. The molecule has 0 radical (unpaired) electrons. The summed E-state index contributed by atoms with van der Waals surface area (Å²) in [5.74, 6) is -2.13. The van der Waals surface area contributed by atoms with Crippen molar-refractivity contribution in [2.75, 3.05) is 6.61 Å². The van der Waals surface area contributed by atoms with Gasteiger partial charge in [0.2, 0.25) is 5.88 Å². The zero-order valence-electron chi connectivity index (χ0n) is 19.1. The number of rotatable bonds is 6. The maximum absolute atomic E-state index is 13.9. The Morgan fingerprint density at radius 3 is 2.71 bits per heavy atom. The van der Waals surface area contributed by atoms with Gasteiger partial charge in [0.15, 0.2) is 7.85 Å². The Morgan fingerprint density at radius 1 is 1.26 bits per heavy atom. The van der Waals surface area contributed by atoms with E-state index in [9.17, 15) is 23.2 Å². The monoisotopic (exact) mass is 482 g/mol. The van der Waals surface area contributed by atoms with Crippen molar-refractivity contribution < 1.29 is 27.9 Å². The largest absolute Gasteiger partial charge is 0.473 e. The molecule has 2 amide bonds. The maximum atomic E-state index is 13.9. The van der Waals surface area contributed by atoms with Gasteiger partial charge in [-0.3, -0.25) is 23.8 Å². The van der Waals surface area contributed by atoms with Crippen LogP contribution in [0.4, 0.5) is 8.78 Å². The molecule has 0 bridgehead atoms. The summed E-state index contributed by atoms with van der Waals surface area (Å²) in [4.78, 5) is 46.8. The molecule has 0 spiro atoms. The lowest BCUT2D eigenvalue weighted by Gasteiger charge is -2.17. The highest BCUT2D eigenvalue weighted by molar-refractivity contribution is 6.33. The number of ether oxygens (including phenoxy) is 1. The Morgan fingerprint density at radius 2 is 2.03 bits per heavy atom. The molecule has 180 valence electrons. The van der Waals surface area contributed by atoms with E-state index in [1.807, 2.05) is 0 Å². The first kappa shape index (κ1) is 24.1. The first-order valence-corrected chi connectivity index (χ1v) is 10.7. The second-order valence-corrected chi connectivity index (χ2v) is 8.06. The predicted molar refractivity (Wildman–Crippen MR) is 124 cm³/mol. The molecule has 12 heteroatoms. The van der Waals surface area contributed by atoms with Gasteiger partial charge in [-0.05, 0) is 43.7 Å². The standard InChI is InChI=1S/C23H21BF2N4O5/c1-11-3-4-13(20(31)28-17-10-35-29-21(17)32)7-18(11)30-12(2)27-22(19(24)23(30)33)34-9-14-5-6-15(25)8-16(14)26/h3-8,17H,9-10,24H2,1-2H3,(H,28,31)(H,29,32)/t17-/m0/s1. The first-order chi connectivity index (χ1) is 16.7. The summed E-state index contributed by atoms with van der Waals surface area (Å²) < 4.78 is 34.0. The molecule has 4 rings (SSSR count). The molecule has 1 saturated heterocycles. The van der Waals surface area contributed by atoms with Crippen LogP contribution in [0.25, 0.3) is 5.69 Å². The van der Waals surface area contributed by atoms with Gasteiger partial charge < -0.3 is 10.1 Å². The molecule has 0 aliphatic carbocycles. The number of halogens is 2. The van der Waals surface area contributed by atoms with Crippen LogP contribution in [0.5, 0.6) is 5.88 Å². The van der Waals surface area contributed by atoms with Crippen molar-refractivity contribution in [3.63, 3.8) is 0 Å². The summed E-state index contributed by atoms with van der Waals surface area (Å²) in [5, 5.41) is 2.58. The second kappa shape index (κ2) is 9.67. The highest BCUT2D eigenvalue weighted by Gasteiger charge is 2.27. The zero-order chi connectivity index (χ0) is 25.3. The van der Waals surface area contributed by atoms with Gasteiger partial charge >= 0.3 is 0 Å². The summed E-state index contributed by atoms with van der Waals surface area (Å²) >= 11 is 0. The summed E-state index contributed by atoms with van der Waals surface area (Å²) in [5.41, 5.74) is 3.40. The zero-order valence-corrected chi connectivity index (χ0v) is 19.1. The predicted octanol–water partition coefficient (Wildman–Crippen LogP) is 0.125. The van der Waals surface area contributed by atoms with Gasteiger partial charge in [-0.25, -0.2) is 19.2 Å². The van der Waals surface area contributed by atoms with Crippen LogP contribution in [0.3, 0.4) is 0 Å². The Hall–Kier alpha value is -4.06. The molecule has 1 aromatic heterocycles. The van der Waals surface area contributed by atoms with Gasteiger partial charge in [0.05, 0.1) is 5.69 Å². The van der Waals surface area contributed by atoms with E-state index in [1.54, 1.807) is 26.0 Å². The summed E-state index contributed by atoms with van der Waals surface area (Å²) in [6, 6.07) is 7.10. The van der Waals surface area contributed by atoms with E-state index in [-0.39, 0.29) is 41.5 Å². The van der Waals surface area contributed by atoms with E-state index in [0.717, 1.165) is 12.1 Å². The van der Waals surface area contributed by atoms with Crippen molar-refractivity contribution in [1.29, 1.82) is 0 Å². The van der Waals surface area contributed by atoms with Crippen LogP contribution < -0.4 is 26.6 Å². The fourth-order valence-electron chi connectivity index (χ4n) is 3.58. The molecule has 1 fully saturated rings. The first-order valence-electron chi connectivity index (χ1n) is 10.7. The number of aryl methyl sites for hydroxylation is 2. The fraction of sp³-hybridized carbons (Fsp3) is 0.217. The Kier molecular flexibility index (Phi) is 6.65. The molecular formula is C23H21BF2N4O5. The van der Waals surface area contributed by atoms with E-state index < -0.39 is 35.0 Å². The minimum absolute atomic E-state index is 0.00819. The average Bonchev–Trinajstić information content (AvgIpc) is 3.21. The molecule has 1 aliphatic heterocycles. The van der Waals surface area contributed by atoms with Crippen molar-refractivity contribution in [3.8, 4) is 11.6 Å². The van der Waals surface area contributed by atoms with Gasteiger partial charge in [-0.15, -0.1) is 0 Å². The van der Waals surface area contributed by atoms with Crippen LogP contribution >= 0.6 is 0 Å². The Balaban J connectivity index is 1.63. The van der Waals surface area contributed by atoms with E-state index in [0.29, 0.717) is 11.3 Å². The number of hydroxylamine groups is 1. The van der Waals surface area contributed by atoms with Gasteiger partial charge in [0.1, 0.15) is 36.7 Å². The Bertz CT molecular complexity index is 1400. The van der Waals surface area contributed by atoms with Gasteiger partial charge in [0, 0.05) is 22.7 Å². The van der Waals surface area contributed by atoms with Gasteiger partial charge in [-0.1, -0.05) is 6.07 Å². The molecular weight excluding hydrogens is 461 g/mol. The van der Waals surface area contributed by atoms with Crippen molar-refractivity contribution in [1.82, 2.24) is 20.3 Å². The highest BCUT2D eigenvalue weighted by Crippen LogP contribution is 2.18. The van der Waals surface area contributed by atoms with Crippen LogP contribution in [0.15, 0.2) is 41.2 Å². The molecule has 0 saturated carbocycles. The minimum atomic E-state index is -0.817. The summed E-state index contributed by atoms with van der Waals surface area (Å²) in [6.45, 7) is 3.14. The van der Waals surface area contributed by atoms with Crippen LogP contribution in [-0.2, 0) is 16.2 Å². The van der Waals surface area contributed by atoms with E-state index in [4.69, 9.17) is 9.57 Å². The number of benzene rings is 2. The number of aromatic nitrogens is 2. The SMILES string of the molecule is Bc1c(OCc2ccc(F)cc2F)nc(C)n(-c2cc(C(=O)N[C@H]3CONC3=O)ccc2C)c1=O. The molecule has 2 N–H and O–H groups in total. The smallest absolute Gasteiger partial charge is 0.268 e. The summed E-state index contributed by atoms with van der Waals surface area (Å²) in [7, 11) is 1.52. The third-order valence-corrected chi connectivity index (χ3v) is 5.57. The van der Waals surface area contributed by atoms with Crippen molar-refractivity contribution in [2.24, 2.45) is 0 Å². The number of hydrogen-bond donors (Lipinski definition) is 2. The lowest BCUT2D eigenvalue weighted by atomic mass is 9.98. The molecule has 1 atom stereocenters. The quantitative estimate of drug-likeness (QED) is 0.484. The number of nitrogens with one attached hydrogen (secondary N) is 2. The van der Waals surface area contributed by atoms with Crippen molar-refractivity contribution in [2.45, 2.75) is 26.5 Å². The molecule has 1 aliphatic rings. The summed E-state index contributed by atoms with van der Waals surface area (Å²) in [6.07, 6.45) is 0. The molecule has 0 unspecified atom stereocenters. The minimum Gasteiger partial charge on any atom is -0.473 e. The molecule has 2 aromatic carbocycles. The van der Waals surface area contributed by atoms with Gasteiger partial charge in [-0.2, -0.15) is 0 Å². The van der Waals surface area contributed by atoms with Crippen molar-refractivity contribution >= 4 is 25.1 Å². The second-order valence-electron chi connectivity index (χ2n) is 8.06. The third-order valence-electron chi connectivity index (χ3n) is 5.57. The van der Waals surface area contributed by atoms with Gasteiger partial charge in [0.25, 0.3) is 17.4 Å². The van der Waals surface area contributed by atoms with Crippen LogP contribution in [0.1, 0.15) is 27.3 Å². The number of carbonyl (C=O) groups is 2. The molecule has 35 heavy (non-hydrogen) atoms. The maximum Gasteiger partial charge on any atom is 0.268 e. The lowest BCUT2D eigenvalue weighted by molar-refractivity contribution is -0.125. The van der Waals surface area contributed by atoms with Crippen LogP contribution in [0.2, 0.25) is 0 Å². The Labute approximate surface area is 199 Å². The fourth-order valence-corrected chi connectivity index (χ4v) is 3.58. The highest BCUT2D eigenvalue weighted by atomic mass is 19.1. The van der Waals surface area contributed by atoms with E-state index >= 15 is 0 Å². The number of amides is 2. The number of hydrogen-bond acceptors (Lipinski definition) is 6. The molecule has 2 heterocycles. The third kappa shape index (κ3) is 4.92. The number of carbonyl (C=O) groups excluding carboxylic acids is 2. The normalized spacial score (nSPS) is 15.1. The molecule has 9 nitrogen and oxygen atoms in total. The topological polar surface area (TPSA) is 112 Å². The van der Waals surface area contributed by atoms with Crippen LogP contribution in [-0.4, -0.2) is 41.9 Å². The molecule has 3 aromatic rings. The van der Waals surface area contributed by atoms with E-state index in [2.05, 4.69) is 15.8 Å².